The summed E-state index contributed by atoms with van der Waals surface area (Å²) in [5.74, 6) is 1.47. The Morgan fingerprint density at radius 1 is 1.24 bits per heavy atom. The fourth-order valence-corrected chi connectivity index (χ4v) is 3.28. The zero-order chi connectivity index (χ0) is 20.8. The SMILES string of the molecule is CCCCc1nc2ccc(Br)cc2c(=O)n1N=Cc1cccc(O[C@@H](C)CC)c1. The molecule has 0 N–H and O–H groups in total. The Balaban J connectivity index is 2.00. The van der Waals surface area contributed by atoms with Crippen molar-refractivity contribution in [3.8, 4) is 5.75 Å². The smallest absolute Gasteiger partial charge is 0.282 e. The van der Waals surface area contributed by atoms with Crippen LogP contribution in [-0.2, 0) is 6.42 Å². The predicted octanol–water partition coefficient (Wildman–Crippen LogP) is 5.56. The van der Waals surface area contributed by atoms with Crippen LogP contribution in [0.4, 0.5) is 0 Å². The normalized spacial score (nSPS) is 12.6. The average Bonchev–Trinajstić information content (AvgIpc) is 2.72. The minimum Gasteiger partial charge on any atom is -0.491 e. The van der Waals surface area contributed by atoms with Crippen molar-refractivity contribution in [2.45, 2.75) is 52.6 Å². The summed E-state index contributed by atoms with van der Waals surface area (Å²) in [4.78, 5) is 17.8. The lowest BCUT2D eigenvalue weighted by molar-refractivity contribution is 0.217. The van der Waals surface area contributed by atoms with Gasteiger partial charge in [0.2, 0.25) is 0 Å². The molecule has 0 spiro atoms. The summed E-state index contributed by atoms with van der Waals surface area (Å²) >= 11 is 3.43. The highest BCUT2D eigenvalue weighted by atomic mass is 79.9. The van der Waals surface area contributed by atoms with E-state index in [0.717, 1.165) is 35.0 Å². The van der Waals surface area contributed by atoms with Gasteiger partial charge in [0.1, 0.15) is 11.6 Å². The third kappa shape index (κ3) is 5.32. The predicted molar refractivity (Wildman–Crippen MR) is 122 cm³/mol. The van der Waals surface area contributed by atoms with Crippen molar-refractivity contribution in [1.82, 2.24) is 9.66 Å². The molecule has 152 valence electrons. The van der Waals surface area contributed by atoms with Gasteiger partial charge in [-0.05, 0) is 55.7 Å². The van der Waals surface area contributed by atoms with E-state index in [1.165, 1.54) is 4.68 Å². The van der Waals surface area contributed by atoms with Crippen LogP contribution in [0.25, 0.3) is 10.9 Å². The van der Waals surface area contributed by atoms with Crippen LogP contribution in [0.2, 0.25) is 0 Å². The zero-order valence-electron chi connectivity index (χ0n) is 17.1. The van der Waals surface area contributed by atoms with E-state index in [2.05, 4.69) is 34.9 Å². The molecule has 0 unspecified atom stereocenters. The van der Waals surface area contributed by atoms with Gasteiger partial charge in [0, 0.05) is 10.9 Å². The zero-order valence-corrected chi connectivity index (χ0v) is 18.6. The monoisotopic (exact) mass is 455 g/mol. The summed E-state index contributed by atoms with van der Waals surface area (Å²) < 4.78 is 8.15. The maximum Gasteiger partial charge on any atom is 0.282 e. The lowest BCUT2D eigenvalue weighted by Crippen LogP contribution is -2.22. The van der Waals surface area contributed by atoms with Crippen molar-refractivity contribution in [2.24, 2.45) is 5.10 Å². The van der Waals surface area contributed by atoms with Gasteiger partial charge in [-0.2, -0.15) is 9.78 Å². The van der Waals surface area contributed by atoms with Gasteiger partial charge in [-0.3, -0.25) is 4.79 Å². The number of rotatable bonds is 8. The highest BCUT2D eigenvalue weighted by Gasteiger charge is 2.11. The molecule has 0 fully saturated rings. The highest BCUT2D eigenvalue weighted by Crippen LogP contribution is 2.17. The summed E-state index contributed by atoms with van der Waals surface area (Å²) in [6.07, 6.45) is 5.44. The van der Waals surface area contributed by atoms with Gasteiger partial charge in [0.05, 0.1) is 23.2 Å². The third-order valence-corrected chi connectivity index (χ3v) is 5.22. The van der Waals surface area contributed by atoms with Crippen LogP contribution >= 0.6 is 15.9 Å². The maximum atomic E-state index is 13.1. The standard InChI is InChI=1S/C23H26BrN3O2/c1-4-6-10-22-26-21-12-11-18(24)14-20(21)23(28)27(22)25-15-17-8-7-9-19(13-17)29-16(3)5-2/h7-9,11-16H,4-6,10H2,1-3H3/t16-/m0/s1. The minimum absolute atomic E-state index is 0.147. The topological polar surface area (TPSA) is 56.5 Å². The molecule has 6 heteroatoms. The van der Waals surface area contributed by atoms with E-state index in [0.29, 0.717) is 23.1 Å². The number of unbranched alkanes of at least 4 members (excludes halogenated alkanes) is 1. The molecule has 0 aliphatic rings. The molecular formula is C23H26BrN3O2. The molecule has 3 rings (SSSR count). The van der Waals surface area contributed by atoms with Gasteiger partial charge < -0.3 is 4.74 Å². The second kappa shape index (κ2) is 9.83. The highest BCUT2D eigenvalue weighted by molar-refractivity contribution is 9.10. The van der Waals surface area contributed by atoms with Gasteiger partial charge in [0.25, 0.3) is 5.56 Å². The van der Waals surface area contributed by atoms with E-state index >= 15 is 0 Å². The largest absolute Gasteiger partial charge is 0.491 e. The number of hydrogen-bond acceptors (Lipinski definition) is 4. The minimum atomic E-state index is -0.161. The Morgan fingerprint density at radius 3 is 2.83 bits per heavy atom. The number of hydrogen-bond donors (Lipinski definition) is 0. The quantitative estimate of drug-likeness (QED) is 0.417. The summed E-state index contributed by atoms with van der Waals surface area (Å²) in [5.41, 5.74) is 1.40. The number of aryl methyl sites for hydroxylation is 1. The van der Waals surface area contributed by atoms with Crippen molar-refractivity contribution in [2.75, 3.05) is 0 Å². The Kier molecular flexibility index (Phi) is 7.20. The molecule has 1 heterocycles. The number of fused-ring (bicyclic) bond motifs is 1. The lowest BCUT2D eigenvalue weighted by atomic mass is 10.2. The molecular weight excluding hydrogens is 430 g/mol. The van der Waals surface area contributed by atoms with E-state index in [9.17, 15) is 4.79 Å². The molecule has 0 saturated carbocycles. The third-order valence-electron chi connectivity index (χ3n) is 4.72. The molecule has 29 heavy (non-hydrogen) atoms. The summed E-state index contributed by atoms with van der Waals surface area (Å²) in [5, 5.41) is 5.04. The first kappa shape index (κ1) is 21.2. The van der Waals surface area contributed by atoms with Gasteiger partial charge >= 0.3 is 0 Å². The van der Waals surface area contributed by atoms with Crippen molar-refractivity contribution in [3.05, 3.63) is 68.7 Å². The molecule has 0 radical (unpaired) electrons. The first-order valence-corrected chi connectivity index (χ1v) is 10.8. The van der Waals surface area contributed by atoms with Crippen LogP contribution in [0.5, 0.6) is 5.75 Å². The number of benzene rings is 2. The average molecular weight is 456 g/mol. The van der Waals surface area contributed by atoms with Gasteiger partial charge in [-0.1, -0.05) is 48.3 Å². The van der Waals surface area contributed by atoms with Crippen molar-refractivity contribution in [1.29, 1.82) is 0 Å². The van der Waals surface area contributed by atoms with E-state index in [1.54, 1.807) is 12.3 Å². The second-order valence-electron chi connectivity index (χ2n) is 7.06. The maximum absolute atomic E-state index is 13.1. The fourth-order valence-electron chi connectivity index (χ4n) is 2.92. The van der Waals surface area contributed by atoms with Crippen molar-refractivity contribution < 1.29 is 4.74 Å². The van der Waals surface area contributed by atoms with Gasteiger partial charge in [-0.25, -0.2) is 4.98 Å². The van der Waals surface area contributed by atoms with Crippen LogP contribution < -0.4 is 10.3 Å². The van der Waals surface area contributed by atoms with Crippen LogP contribution in [0.15, 0.2) is 56.8 Å². The first-order chi connectivity index (χ1) is 14.0. The van der Waals surface area contributed by atoms with Crippen molar-refractivity contribution >= 4 is 33.0 Å². The summed E-state index contributed by atoms with van der Waals surface area (Å²) in [7, 11) is 0. The van der Waals surface area contributed by atoms with Crippen LogP contribution in [0.1, 0.15) is 51.4 Å². The number of ether oxygens (including phenoxy) is 1. The Bertz CT molecular complexity index is 1080. The van der Waals surface area contributed by atoms with E-state index in [-0.39, 0.29) is 11.7 Å². The van der Waals surface area contributed by atoms with Crippen LogP contribution in [0, 0.1) is 0 Å². The van der Waals surface area contributed by atoms with Crippen molar-refractivity contribution in [3.63, 3.8) is 0 Å². The Hall–Kier alpha value is -2.47. The number of halogens is 1. The van der Waals surface area contributed by atoms with E-state index in [4.69, 9.17) is 9.72 Å². The summed E-state index contributed by atoms with van der Waals surface area (Å²) in [6, 6.07) is 13.3. The molecule has 5 nitrogen and oxygen atoms in total. The number of nitrogens with zero attached hydrogens (tertiary/aromatic N) is 3. The second-order valence-corrected chi connectivity index (χ2v) is 7.98. The fraction of sp³-hybridized carbons (Fsp3) is 0.348. The lowest BCUT2D eigenvalue weighted by Gasteiger charge is -2.12. The van der Waals surface area contributed by atoms with Gasteiger partial charge in [0.15, 0.2) is 0 Å². The molecule has 0 amide bonds. The van der Waals surface area contributed by atoms with Gasteiger partial charge in [-0.15, -0.1) is 0 Å². The molecule has 1 aromatic heterocycles. The first-order valence-electron chi connectivity index (χ1n) is 10.0. The molecule has 0 aliphatic heterocycles. The van der Waals surface area contributed by atoms with Crippen LogP contribution in [-0.4, -0.2) is 22.0 Å². The van der Waals surface area contributed by atoms with E-state index in [1.807, 2.05) is 43.3 Å². The van der Waals surface area contributed by atoms with E-state index < -0.39 is 0 Å². The molecule has 0 bridgehead atoms. The Morgan fingerprint density at radius 2 is 2.07 bits per heavy atom. The Labute approximate surface area is 179 Å². The van der Waals surface area contributed by atoms with Crippen LogP contribution in [0.3, 0.4) is 0 Å². The number of aromatic nitrogens is 2. The summed E-state index contributed by atoms with van der Waals surface area (Å²) in [6.45, 7) is 6.25. The molecule has 2 aromatic carbocycles. The molecule has 0 saturated heterocycles. The molecule has 1 atom stereocenters. The molecule has 3 aromatic rings. The molecule has 0 aliphatic carbocycles.